The monoisotopic (exact) mass is 194 g/mol. The first-order valence-electron chi connectivity index (χ1n) is 2.65. The molecule has 0 bridgehead atoms. The van der Waals surface area contributed by atoms with Crippen LogP contribution in [0, 0.1) is 0 Å². The Morgan fingerprint density at radius 2 is 1.55 bits per heavy atom. The van der Waals surface area contributed by atoms with Gasteiger partial charge in [0.05, 0.1) is 11.7 Å². The third kappa shape index (κ3) is 2.90. The molecule has 0 amide bonds. The Bertz CT molecular complexity index is 307. The first kappa shape index (κ1) is 10.4. The van der Waals surface area contributed by atoms with Gasteiger partial charge in [0.2, 0.25) is 0 Å². The Kier molecular flexibility index (Phi) is 3.54. The van der Waals surface area contributed by atoms with Gasteiger partial charge in [-0.1, -0.05) is 18.2 Å². The van der Waals surface area contributed by atoms with Crippen molar-refractivity contribution in [1.29, 1.82) is 0 Å². The molecule has 0 saturated heterocycles. The Labute approximate surface area is 69.3 Å². The van der Waals surface area contributed by atoms with Crippen LogP contribution in [0.5, 0.6) is 0 Å². The summed E-state index contributed by atoms with van der Waals surface area (Å²) in [7, 11) is -3.20. The topological polar surface area (TPSA) is 34.1 Å². The van der Waals surface area contributed by atoms with Crippen molar-refractivity contribution in [2.24, 2.45) is 0 Å². The lowest BCUT2D eigenvalue weighted by Crippen LogP contribution is -3.00. The van der Waals surface area contributed by atoms with E-state index in [0.29, 0.717) is 0 Å². The summed E-state index contributed by atoms with van der Waals surface area (Å²) in [6, 6.07) is 8.17. The number of benzene rings is 1. The molecule has 0 atom stereocenters. The van der Waals surface area contributed by atoms with Crippen LogP contribution >= 0.6 is 0 Å². The van der Waals surface area contributed by atoms with Gasteiger partial charge in [-0.05, 0) is 12.1 Å². The largest absolute Gasteiger partial charge is 1.00 e. The normalized spacial score (nSPS) is 10.3. The van der Waals surface area contributed by atoms with Crippen molar-refractivity contribution in [2.45, 2.75) is 4.90 Å². The maximum Gasteiger partial charge on any atom is 0.340 e. The van der Waals surface area contributed by atoms with Gasteiger partial charge in [-0.15, -0.1) is 0 Å². The highest BCUT2D eigenvalue weighted by atomic mass is 33.1. The lowest BCUT2D eigenvalue weighted by atomic mass is 10.4. The summed E-state index contributed by atoms with van der Waals surface area (Å²) in [5, 5.41) is 0. The molecule has 1 aromatic carbocycles. The van der Waals surface area contributed by atoms with E-state index in [2.05, 4.69) is 11.7 Å². The molecule has 0 fully saturated rings. The SMILES string of the molecule is O=S(=O)([SH2+])c1ccccc1.[F-]. The highest BCUT2D eigenvalue weighted by molar-refractivity contribution is 8.53. The van der Waals surface area contributed by atoms with E-state index >= 15 is 0 Å². The van der Waals surface area contributed by atoms with Crippen molar-refractivity contribution in [3.63, 3.8) is 0 Å². The molecule has 0 saturated carbocycles. The predicted molar refractivity (Wildman–Crippen MR) is 43.8 cm³/mol. The molecule has 0 aliphatic heterocycles. The van der Waals surface area contributed by atoms with Gasteiger partial charge in [-0.25, -0.2) is 0 Å². The van der Waals surface area contributed by atoms with Crippen LogP contribution in [0.25, 0.3) is 0 Å². The second-order valence-electron chi connectivity index (χ2n) is 1.82. The van der Waals surface area contributed by atoms with Crippen LogP contribution < -0.4 is 4.70 Å². The van der Waals surface area contributed by atoms with Crippen LogP contribution in [0.4, 0.5) is 0 Å². The number of rotatable bonds is 1. The maximum atomic E-state index is 10.7. The molecule has 62 valence electrons. The second-order valence-corrected chi connectivity index (χ2v) is 4.91. The zero-order valence-electron chi connectivity index (χ0n) is 5.49. The first-order chi connectivity index (χ1) is 4.61. The van der Waals surface area contributed by atoms with Gasteiger partial charge in [-0.2, -0.15) is 8.42 Å². The lowest BCUT2D eigenvalue weighted by molar-refractivity contribution is -0.00000420. The zero-order valence-corrected chi connectivity index (χ0v) is 7.31. The fourth-order valence-corrected chi connectivity index (χ4v) is 1.52. The standard InChI is InChI=1S/C6H6O2S2.FH/c7-10(8,9)6-4-2-1-3-5-6;/h1-5H,(H,7,8,9);1H. The molecule has 0 aromatic heterocycles. The second kappa shape index (κ2) is 3.73. The smallest absolute Gasteiger partial charge is 0.340 e. The summed E-state index contributed by atoms with van der Waals surface area (Å²) in [6.45, 7) is 0. The van der Waals surface area contributed by atoms with E-state index in [1.54, 1.807) is 18.2 Å². The molecule has 0 aliphatic carbocycles. The number of halogens is 1. The fraction of sp³-hybridized carbons (Fsp3) is 0. The van der Waals surface area contributed by atoms with Crippen molar-refractivity contribution >= 4 is 20.5 Å². The zero-order chi connectivity index (χ0) is 7.61. The van der Waals surface area contributed by atoms with Gasteiger partial charge in [0.1, 0.15) is 4.90 Å². The third-order valence-corrected chi connectivity index (χ3v) is 2.65. The van der Waals surface area contributed by atoms with Gasteiger partial charge in [0.15, 0.2) is 0 Å². The minimum absolute atomic E-state index is 0. The molecular weight excluding hydrogens is 187 g/mol. The van der Waals surface area contributed by atoms with E-state index in [1.165, 1.54) is 12.1 Å². The minimum Gasteiger partial charge on any atom is -1.00 e. The summed E-state index contributed by atoms with van der Waals surface area (Å²) >= 11 is 2.61. The molecular formula is C6H7FO2S2. The van der Waals surface area contributed by atoms with Gasteiger partial charge >= 0.3 is 8.87 Å². The van der Waals surface area contributed by atoms with Crippen molar-refractivity contribution in [2.75, 3.05) is 0 Å². The van der Waals surface area contributed by atoms with E-state index < -0.39 is 8.87 Å². The van der Waals surface area contributed by atoms with Crippen molar-refractivity contribution < 1.29 is 13.1 Å². The molecule has 11 heavy (non-hydrogen) atoms. The van der Waals surface area contributed by atoms with Gasteiger partial charge in [0.25, 0.3) is 0 Å². The molecule has 0 heterocycles. The quantitative estimate of drug-likeness (QED) is 0.363. The molecule has 1 aromatic rings. The summed E-state index contributed by atoms with van der Waals surface area (Å²) < 4.78 is 21.5. The Morgan fingerprint density at radius 3 is 1.82 bits per heavy atom. The third-order valence-electron chi connectivity index (χ3n) is 1.05. The summed E-state index contributed by atoms with van der Waals surface area (Å²) in [5.74, 6) is 0. The van der Waals surface area contributed by atoms with Crippen LogP contribution in [0.1, 0.15) is 0 Å². The molecule has 0 radical (unpaired) electrons. The summed E-state index contributed by atoms with van der Waals surface area (Å²) in [5.41, 5.74) is 0. The molecule has 0 unspecified atom stereocenters. The molecule has 5 heteroatoms. The van der Waals surface area contributed by atoms with Crippen LogP contribution in [-0.2, 0) is 20.5 Å². The van der Waals surface area contributed by atoms with Crippen LogP contribution in [-0.4, -0.2) is 8.42 Å². The summed E-state index contributed by atoms with van der Waals surface area (Å²) in [6.07, 6.45) is 0. The van der Waals surface area contributed by atoms with E-state index in [4.69, 9.17) is 0 Å². The number of hydrogen-bond acceptors (Lipinski definition) is 2. The van der Waals surface area contributed by atoms with E-state index in [9.17, 15) is 8.42 Å². The Hall–Kier alpha value is -0.550. The first-order valence-corrected chi connectivity index (χ1v) is 5.36. The highest BCUT2D eigenvalue weighted by Gasteiger charge is 2.11. The highest BCUT2D eigenvalue weighted by Crippen LogP contribution is 2.06. The maximum absolute atomic E-state index is 10.7. The van der Waals surface area contributed by atoms with Crippen LogP contribution in [0.15, 0.2) is 35.2 Å². The molecule has 0 N–H and O–H groups in total. The Balaban J connectivity index is 0.000001000. The molecule has 1 rings (SSSR count). The van der Waals surface area contributed by atoms with Crippen molar-refractivity contribution in [3.8, 4) is 0 Å². The van der Waals surface area contributed by atoms with Gasteiger partial charge in [-0.3, -0.25) is 0 Å². The number of hydrogen-bond donors (Lipinski definition) is 0. The average molecular weight is 194 g/mol. The summed E-state index contributed by atoms with van der Waals surface area (Å²) in [4.78, 5) is 0.284. The van der Waals surface area contributed by atoms with Crippen LogP contribution in [0.3, 0.4) is 0 Å². The lowest BCUT2D eigenvalue weighted by Gasteiger charge is -1.87. The van der Waals surface area contributed by atoms with Gasteiger partial charge in [0, 0.05) is 0 Å². The predicted octanol–water partition coefficient (Wildman–Crippen LogP) is -2.61. The minimum atomic E-state index is -3.20. The van der Waals surface area contributed by atoms with E-state index in [1.807, 2.05) is 0 Å². The molecule has 0 spiro atoms. The average Bonchev–Trinajstić information content (AvgIpc) is 1.88. The van der Waals surface area contributed by atoms with Crippen molar-refractivity contribution in [1.82, 2.24) is 0 Å². The van der Waals surface area contributed by atoms with Gasteiger partial charge < -0.3 is 4.70 Å². The molecule has 0 aliphatic rings. The van der Waals surface area contributed by atoms with E-state index in [0.717, 1.165) is 0 Å². The van der Waals surface area contributed by atoms with Crippen LogP contribution in [0.2, 0.25) is 0 Å². The Morgan fingerprint density at radius 1 is 1.09 bits per heavy atom. The van der Waals surface area contributed by atoms with E-state index in [-0.39, 0.29) is 9.60 Å². The van der Waals surface area contributed by atoms with Crippen molar-refractivity contribution in [3.05, 3.63) is 30.3 Å². The fourth-order valence-electron chi connectivity index (χ4n) is 0.600. The molecule has 2 nitrogen and oxygen atoms in total.